The molecule has 0 radical (unpaired) electrons. The van der Waals surface area contributed by atoms with E-state index in [4.69, 9.17) is 0 Å². The molecule has 3 aliphatic rings. The van der Waals surface area contributed by atoms with E-state index in [1.165, 1.54) is 37.7 Å². The van der Waals surface area contributed by atoms with Crippen molar-refractivity contribution in [1.29, 1.82) is 0 Å². The van der Waals surface area contributed by atoms with Gasteiger partial charge < -0.3 is 10.2 Å². The van der Waals surface area contributed by atoms with Crippen molar-refractivity contribution in [1.82, 2.24) is 0 Å². The third kappa shape index (κ3) is 3.07. The second kappa shape index (κ2) is 6.65. The maximum absolute atomic E-state index is 10.0. The third-order valence-corrected chi connectivity index (χ3v) is 6.65. The number of hydrogen-bond acceptors (Lipinski definition) is 2. The number of allylic oxidation sites excluding steroid dienone is 5. The lowest BCUT2D eigenvalue weighted by atomic mass is 9.65. The zero-order valence-corrected chi connectivity index (χ0v) is 15.4. The monoisotopic (exact) mass is 328 g/mol. The molecule has 0 aliphatic heterocycles. The van der Waals surface area contributed by atoms with E-state index in [1.807, 2.05) is 0 Å². The fraction of sp³-hybridized carbons (Fsp3) is 0.636. The van der Waals surface area contributed by atoms with E-state index in [9.17, 15) is 10.2 Å². The first-order valence-electron chi connectivity index (χ1n) is 9.43. The van der Waals surface area contributed by atoms with Crippen LogP contribution in [0.2, 0.25) is 0 Å². The molecule has 3 aliphatic carbocycles. The highest BCUT2D eigenvalue weighted by Gasteiger charge is 2.46. The van der Waals surface area contributed by atoms with E-state index < -0.39 is 12.2 Å². The van der Waals surface area contributed by atoms with Gasteiger partial charge in [-0.1, -0.05) is 47.9 Å². The first-order chi connectivity index (χ1) is 11.3. The highest BCUT2D eigenvalue weighted by molar-refractivity contribution is 5.35. The molecule has 0 amide bonds. The molecule has 0 spiro atoms. The van der Waals surface area contributed by atoms with Crippen LogP contribution in [0.1, 0.15) is 65.7 Å². The van der Waals surface area contributed by atoms with Crippen LogP contribution in [-0.4, -0.2) is 22.4 Å². The van der Waals surface area contributed by atoms with Crippen molar-refractivity contribution in [3.63, 3.8) is 0 Å². The Morgan fingerprint density at radius 1 is 1.12 bits per heavy atom. The summed E-state index contributed by atoms with van der Waals surface area (Å²) >= 11 is 0. The molecule has 2 nitrogen and oxygen atoms in total. The fourth-order valence-electron chi connectivity index (χ4n) is 5.30. The number of fused-ring (bicyclic) bond motifs is 1. The van der Waals surface area contributed by atoms with E-state index in [0.29, 0.717) is 29.7 Å². The summed E-state index contributed by atoms with van der Waals surface area (Å²) in [6.45, 7) is 10.8. The Bertz CT molecular complexity index is 602. The standard InChI is InChI=1S/C22H32O2/c1-14(2)18-9-10-19-17(6-5-11-22(18,19)4)8-7-16-12-20(23)15(3)21(24)13-16/h7-8,19-21,23-24H,3,5-6,9-13H2,1-2,4H3/b16-7-,17-8+/t19-,20+,21?,22?/m0/s1. The Labute approximate surface area is 146 Å². The fourth-order valence-corrected chi connectivity index (χ4v) is 5.30. The molecule has 3 rings (SSSR count). The molecular weight excluding hydrogens is 296 g/mol. The van der Waals surface area contributed by atoms with Crippen LogP contribution in [0.5, 0.6) is 0 Å². The Hall–Kier alpha value is -1.12. The van der Waals surface area contributed by atoms with Crippen LogP contribution >= 0.6 is 0 Å². The lowest BCUT2D eigenvalue weighted by Crippen LogP contribution is -2.29. The van der Waals surface area contributed by atoms with Gasteiger partial charge in [0.05, 0.1) is 12.2 Å². The van der Waals surface area contributed by atoms with Crippen LogP contribution in [0.3, 0.4) is 0 Å². The molecule has 3 saturated carbocycles. The average molecular weight is 328 g/mol. The molecule has 0 aromatic heterocycles. The quantitative estimate of drug-likeness (QED) is 0.676. The van der Waals surface area contributed by atoms with E-state index in [-0.39, 0.29) is 0 Å². The summed E-state index contributed by atoms with van der Waals surface area (Å²) in [5, 5.41) is 20.0. The Morgan fingerprint density at radius 3 is 2.42 bits per heavy atom. The lowest BCUT2D eigenvalue weighted by Gasteiger charge is -2.40. The molecule has 24 heavy (non-hydrogen) atoms. The molecule has 0 heterocycles. The Morgan fingerprint density at radius 2 is 1.79 bits per heavy atom. The smallest absolute Gasteiger partial charge is 0.0809 e. The van der Waals surface area contributed by atoms with Crippen LogP contribution in [-0.2, 0) is 0 Å². The highest BCUT2D eigenvalue weighted by Crippen LogP contribution is 2.57. The lowest BCUT2D eigenvalue weighted by molar-refractivity contribution is 0.123. The van der Waals surface area contributed by atoms with E-state index in [1.54, 1.807) is 11.1 Å². The molecule has 2 heteroatoms. The number of hydrogen-bond donors (Lipinski definition) is 2. The van der Waals surface area contributed by atoms with Crippen molar-refractivity contribution < 1.29 is 10.2 Å². The van der Waals surface area contributed by atoms with Gasteiger partial charge in [0.2, 0.25) is 0 Å². The third-order valence-electron chi connectivity index (χ3n) is 6.65. The second-order valence-electron chi connectivity index (χ2n) is 8.42. The zero-order chi connectivity index (χ0) is 17.5. The summed E-state index contributed by atoms with van der Waals surface area (Å²) in [6, 6.07) is 0. The van der Waals surface area contributed by atoms with E-state index in [0.717, 1.165) is 5.57 Å². The van der Waals surface area contributed by atoms with Crippen molar-refractivity contribution in [3.8, 4) is 0 Å². The maximum atomic E-state index is 10.0. The van der Waals surface area contributed by atoms with Crippen molar-refractivity contribution in [2.24, 2.45) is 11.3 Å². The van der Waals surface area contributed by atoms with Gasteiger partial charge in [-0.2, -0.15) is 0 Å². The van der Waals surface area contributed by atoms with Gasteiger partial charge in [-0.15, -0.1) is 0 Å². The molecule has 0 aromatic carbocycles. The minimum atomic E-state index is -0.598. The van der Waals surface area contributed by atoms with Gasteiger partial charge in [0, 0.05) is 0 Å². The van der Waals surface area contributed by atoms with Crippen molar-refractivity contribution in [2.45, 2.75) is 77.9 Å². The van der Waals surface area contributed by atoms with Gasteiger partial charge in [-0.3, -0.25) is 0 Å². The molecule has 3 fully saturated rings. The van der Waals surface area contributed by atoms with E-state index >= 15 is 0 Å². The Kier molecular flexibility index (Phi) is 4.90. The van der Waals surface area contributed by atoms with Crippen molar-refractivity contribution >= 4 is 0 Å². The predicted molar refractivity (Wildman–Crippen MR) is 99.6 cm³/mol. The van der Waals surface area contributed by atoms with Gasteiger partial charge in [-0.05, 0) is 75.7 Å². The summed E-state index contributed by atoms with van der Waals surface area (Å²) < 4.78 is 0. The minimum Gasteiger partial charge on any atom is -0.388 e. The van der Waals surface area contributed by atoms with Gasteiger partial charge in [0.25, 0.3) is 0 Å². The first-order valence-corrected chi connectivity index (χ1v) is 9.43. The van der Waals surface area contributed by atoms with E-state index in [2.05, 4.69) is 39.5 Å². The summed E-state index contributed by atoms with van der Waals surface area (Å²) in [5.74, 6) is 0.668. The largest absolute Gasteiger partial charge is 0.388 e. The van der Waals surface area contributed by atoms with Gasteiger partial charge in [0.15, 0.2) is 0 Å². The highest BCUT2D eigenvalue weighted by atomic mass is 16.3. The summed E-state index contributed by atoms with van der Waals surface area (Å²) in [4.78, 5) is 0. The SMILES string of the molecule is C=C1C(O)C/C(=C\C=C2/CCCC3(C)C(=C(C)C)CC[C@@H]23)C[C@H]1O. The van der Waals surface area contributed by atoms with Crippen LogP contribution in [0, 0.1) is 11.3 Å². The van der Waals surface area contributed by atoms with Crippen molar-refractivity contribution in [3.05, 3.63) is 46.6 Å². The van der Waals surface area contributed by atoms with Crippen LogP contribution in [0.4, 0.5) is 0 Å². The minimum absolute atomic E-state index is 0.349. The van der Waals surface area contributed by atoms with Crippen LogP contribution in [0.25, 0.3) is 0 Å². The molecule has 132 valence electrons. The molecule has 0 aromatic rings. The number of rotatable bonds is 1. The first kappa shape index (κ1) is 17.7. The summed E-state index contributed by atoms with van der Waals surface area (Å²) in [6.07, 6.45) is 10.8. The zero-order valence-electron chi connectivity index (χ0n) is 15.4. The summed E-state index contributed by atoms with van der Waals surface area (Å²) in [5.41, 5.74) is 6.82. The molecular formula is C22H32O2. The van der Waals surface area contributed by atoms with Gasteiger partial charge >= 0.3 is 0 Å². The van der Waals surface area contributed by atoms with Gasteiger partial charge in [0.1, 0.15) is 0 Å². The average Bonchev–Trinajstić information content (AvgIpc) is 2.88. The predicted octanol–water partition coefficient (Wildman–Crippen LogP) is 4.85. The molecule has 2 unspecified atom stereocenters. The number of aliphatic hydroxyl groups is 2. The second-order valence-corrected chi connectivity index (χ2v) is 8.42. The topological polar surface area (TPSA) is 40.5 Å². The Balaban J connectivity index is 1.83. The maximum Gasteiger partial charge on any atom is 0.0809 e. The van der Waals surface area contributed by atoms with Gasteiger partial charge in [-0.25, -0.2) is 0 Å². The summed E-state index contributed by atoms with van der Waals surface area (Å²) in [7, 11) is 0. The normalized spacial score (nSPS) is 40.3. The molecule has 0 bridgehead atoms. The van der Waals surface area contributed by atoms with Crippen molar-refractivity contribution in [2.75, 3.05) is 0 Å². The molecule has 2 N–H and O–H groups in total. The van der Waals surface area contributed by atoms with Crippen LogP contribution in [0.15, 0.2) is 46.6 Å². The number of aliphatic hydroxyl groups excluding tert-OH is 2. The van der Waals surface area contributed by atoms with Crippen LogP contribution < -0.4 is 0 Å². The molecule has 0 saturated heterocycles. The molecule has 4 atom stereocenters.